The second-order valence-electron chi connectivity index (χ2n) is 7.10. The fraction of sp³-hybridized carbons (Fsp3) is 0.120. The summed E-state index contributed by atoms with van der Waals surface area (Å²) in [4.78, 5) is 15.1. The molecular formula is C25H20ClNO3S2. The van der Waals surface area contributed by atoms with Crippen molar-refractivity contribution in [3.05, 3.63) is 99.4 Å². The Morgan fingerprint density at radius 1 is 0.938 bits per heavy atom. The molecule has 1 amide bonds. The first-order valence-electron chi connectivity index (χ1n) is 9.87. The van der Waals surface area contributed by atoms with Crippen LogP contribution in [-0.2, 0) is 17.9 Å². The zero-order valence-corrected chi connectivity index (χ0v) is 19.7. The standard InChI is InChI=1S/C25H20ClNO3S2/c1-29-21-10-6-18(7-11-21)15-27-24(28)23(32-25(27)31)14-17-4-12-22(13-5-17)30-16-19-2-8-20(26)9-3-19/h2-14H,15-16H2,1H3. The number of benzene rings is 3. The van der Waals surface area contributed by atoms with Gasteiger partial charge in [0.1, 0.15) is 22.4 Å². The first-order valence-corrected chi connectivity index (χ1v) is 11.5. The van der Waals surface area contributed by atoms with Crippen LogP contribution in [0.1, 0.15) is 16.7 Å². The highest BCUT2D eigenvalue weighted by Crippen LogP contribution is 2.34. The van der Waals surface area contributed by atoms with Gasteiger partial charge in [0.05, 0.1) is 18.6 Å². The molecule has 0 radical (unpaired) electrons. The van der Waals surface area contributed by atoms with Crippen LogP contribution in [0.5, 0.6) is 11.5 Å². The Morgan fingerprint density at radius 2 is 1.56 bits per heavy atom. The molecule has 1 aliphatic rings. The number of carbonyl (C=O) groups excluding carboxylic acids is 1. The Hall–Kier alpha value is -2.80. The summed E-state index contributed by atoms with van der Waals surface area (Å²) in [5.74, 6) is 1.45. The van der Waals surface area contributed by atoms with Gasteiger partial charge in [0, 0.05) is 5.02 Å². The van der Waals surface area contributed by atoms with Crippen LogP contribution in [0.2, 0.25) is 5.02 Å². The maximum Gasteiger partial charge on any atom is 0.266 e. The largest absolute Gasteiger partial charge is 0.497 e. The van der Waals surface area contributed by atoms with Gasteiger partial charge in [0.15, 0.2) is 0 Å². The summed E-state index contributed by atoms with van der Waals surface area (Å²) in [7, 11) is 1.63. The van der Waals surface area contributed by atoms with Crippen molar-refractivity contribution in [1.82, 2.24) is 4.90 Å². The highest BCUT2D eigenvalue weighted by atomic mass is 35.5. The fourth-order valence-corrected chi connectivity index (χ4v) is 4.49. The smallest absolute Gasteiger partial charge is 0.266 e. The number of hydrogen-bond acceptors (Lipinski definition) is 5. The van der Waals surface area contributed by atoms with E-state index >= 15 is 0 Å². The molecule has 0 spiro atoms. The van der Waals surface area contributed by atoms with Gasteiger partial charge in [0.25, 0.3) is 5.91 Å². The number of thioether (sulfide) groups is 1. The van der Waals surface area contributed by atoms with Gasteiger partial charge in [-0.05, 0) is 59.2 Å². The predicted octanol–water partition coefficient (Wildman–Crippen LogP) is 6.33. The van der Waals surface area contributed by atoms with E-state index in [9.17, 15) is 4.79 Å². The molecule has 0 atom stereocenters. The minimum Gasteiger partial charge on any atom is -0.497 e. The maximum atomic E-state index is 12.9. The van der Waals surface area contributed by atoms with Crippen molar-refractivity contribution < 1.29 is 14.3 Å². The maximum absolute atomic E-state index is 12.9. The van der Waals surface area contributed by atoms with Crippen molar-refractivity contribution >= 4 is 51.9 Å². The van der Waals surface area contributed by atoms with E-state index in [-0.39, 0.29) is 5.91 Å². The van der Waals surface area contributed by atoms with Gasteiger partial charge in [-0.25, -0.2) is 0 Å². The first kappa shape index (κ1) is 22.4. The third-order valence-corrected chi connectivity index (χ3v) is 6.50. The Bertz CT molecular complexity index is 1140. The van der Waals surface area contributed by atoms with Gasteiger partial charge in [-0.1, -0.05) is 72.0 Å². The molecule has 7 heteroatoms. The number of thiocarbonyl (C=S) groups is 1. The van der Waals surface area contributed by atoms with Gasteiger partial charge in [0.2, 0.25) is 0 Å². The molecule has 3 aromatic carbocycles. The quantitative estimate of drug-likeness (QED) is 0.291. The molecule has 0 aromatic heterocycles. The summed E-state index contributed by atoms with van der Waals surface area (Å²) in [6.45, 7) is 0.893. The Labute approximate surface area is 201 Å². The van der Waals surface area contributed by atoms with E-state index in [1.165, 1.54) is 11.8 Å². The molecule has 0 saturated carbocycles. The van der Waals surface area contributed by atoms with E-state index in [0.717, 1.165) is 28.2 Å². The summed E-state index contributed by atoms with van der Waals surface area (Å²) in [5, 5.41) is 0.701. The molecule has 0 N–H and O–H groups in total. The molecule has 1 saturated heterocycles. The monoisotopic (exact) mass is 481 g/mol. The van der Waals surface area contributed by atoms with Crippen molar-refractivity contribution in [2.45, 2.75) is 13.2 Å². The lowest BCUT2D eigenvalue weighted by atomic mass is 10.2. The van der Waals surface area contributed by atoms with Crippen LogP contribution in [0.15, 0.2) is 77.7 Å². The van der Waals surface area contributed by atoms with E-state index in [0.29, 0.717) is 27.4 Å². The van der Waals surface area contributed by atoms with E-state index in [1.54, 1.807) is 12.0 Å². The van der Waals surface area contributed by atoms with E-state index in [2.05, 4.69) is 0 Å². The predicted molar refractivity (Wildman–Crippen MR) is 134 cm³/mol. The summed E-state index contributed by atoms with van der Waals surface area (Å²) < 4.78 is 11.6. The van der Waals surface area contributed by atoms with Crippen LogP contribution in [0.3, 0.4) is 0 Å². The number of amides is 1. The minimum atomic E-state index is -0.0844. The molecular weight excluding hydrogens is 462 g/mol. The van der Waals surface area contributed by atoms with Crippen LogP contribution in [0.4, 0.5) is 0 Å². The van der Waals surface area contributed by atoms with E-state index in [4.69, 9.17) is 33.3 Å². The lowest BCUT2D eigenvalue weighted by Gasteiger charge is -2.14. The van der Waals surface area contributed by atoms with Gasteiger partial charge in [-0.3, -0.25) is 9.69 Å². The first-order chi connectivity index (χ1) is 15.5. The molecule has 4 nitrogen and oxygen atoms in total. The van der Waals surface area contributed by atoms with Gasteiger partial charge in [-0.2, -0.15) is 0 Å². The topological polar surface area (TPSA) is 38.8 Å². The molecule has 4 rings (SSSR count). The molecule has 1 fully saturated rings. The number of methoxy groups -OCH3 is 1. The molecule has 1 aliphatic heterocycles. The normalized spacial score (nSPS) is 14.8. The zero-order chi connectivity index (χ0) is 22.5. The number of halogens is 1. The summed E-state index contributed by atoms with van der Waals surface area (Å²) in [6, 6.07) is 22.8. The van der Waals surface area contributed by atoms with Crippen LogP contribution in [0.25, 0.3) is 6.08 Å². The summed E-state index contributed by atoms with van der Waals surface area (Å²) in [5.41, 5.74) is 2.94. The number of hydrogen-bond donors (Lipinski definition) is 0. The Morgan fingerprint density at radius 3 is 2.22 bits per heavy atom. The Kier molecular flexibility index (Phi) is 7.15. The number of nitrogens with zero attached hydrogens (tertiary/aromatic N) is 1. The lowest BCUT2D eigenvalue weighted by Crippen LogP contribution is -2.27. The molecule has 3 aromatic rings. The molecule has 0 bridgehead atoms. The van der Waals surface area contributed by atoms with E-state index < -0.39 is 0 Å². The molecule has 32 heavy (non-hydrogen) atoms. The second kappa shape index (κ2) is 10.2. The number of rotatable bonds is 7. The summed E-state index contributed by atoms with van der Waals surface area (Å²) >= 11 is 12.7. The summed E-state index contributed by atoms with van der Waals surface area (Å²) in [6.07, 6.45) is 1.86. The Balaban J connectivity index is 1.39. The number of carbonyl (C=O) groups is 1. The molecule has 162 valence electrons. The van der Waals surface area contributed by atoms with Gasteiger partial charge < -0.3 is 9.47 Å². The second-order valence-corrected chi connectivity index (χ2v) is 9.21. The van der Waals surface area contributed by atoms with Crippen molar-refractivity contribution in [3.63, 3.8) is 0 Å². The van der Waals surface area contributed by atoms with Gasteiger partial charge >= 0.3 is 0 Å². The van der Waals surface area contributed by atoms with Crippen molar-refractivity contribution in [2.24, 2.45) is 0 Å². The van der Waals surface area contributed by atoms with Crippen molar-refractivity contribution in [1.29, 1.82) is 0 Å². The minimum absolute atomic E-state index is 0.0844. The molecule has 1 heterocycles. The van der Waals surface area contributed by atoms with Gasteiger partial charge in [-0.15, -0.1) is 0 Å². The highest BCUT2D eigenvalue weighted by molar-refractivity contribution is 8.26. The molecule has 0 aliphatic carbocycles. The number of ether oxygens (including phenoxy) is 2. The average Bonchev–Trinajstić information content (AvgIpc) is 3.07. The van der Waals surface area contributed by atoms with Crippen LogP contribution in [-0.4, -0.2) is 22.2 Å². The SMILES string of the molecule is COc1ccc(CN2C(=O)C(=Cc3ccc(OCc4ccc(Cl)cc4)cc3)SC2=S)cc1. The van der Waals surface area contributed by atoms with Crippen LogP contribution in [0, 0.1) is 0 Å². The third-order valence-electron chi connectivity index (χ3n) is 4.87. The van der Waals surface area contributed by atoms with Crippen LogP contribution < -0.4 is 9.47 Å². The van der Waals surface area contributed by atoms with Crippen molar-refractivity contribution in [2.75, 3.05) is 7.11 Å². The average molecular weight is 482 g/mol. The molecule has 0 unspecified atom stereocenters. The lowest BCUT2D eigenvalue weighted by molar-refractivity contribution is -0.122. The zero-order valence-electron chi connectivity index (χ0n) is 17.3. The van der Waals surface area contributed by atoms with E-state index in [1.807, 2.05) is 78.9 Å². The van der Waals surface area contributed by atoms with Crippen LogP contribution >= 0.6 is 35.6 Å². The highest BCUT2D eigenvalue weighted by Gasteiger charge is 2.31. The van der Waals surface area contributed by atoms with Crippen molar-refractivity contribution in [3.8, 4) is 11.5 Å². The fourth-order valence-electron chi connectivity index (χ4n) is 3.11. The third kappa shape index (κ3) is 5.51.